The summed E-state index contributed by atoms with van der Waals surface area (Å²) in [6.45, 7) is 10.8. The lowest BCUT2D eigenvalue weighted by atomic mass is 10.1. The molecule has 0 amide bonds. The molecule has 3 rings (SSSR count). The van der Waals surface area contributed by atoms with E-state index >= 15 is 0 Å². The second-order valence-corrected chi connectivity index (χ2v) is 6.64. The third-order valence-electron chi connectivity index (χ3n) is 5.08. The molecule has 0 radical (unpaired) electrons. The third kappa shape index (κ3) is 4.35. The predicted molar refractivity (Wildman–Crippen MR) is 99.1 cm³/mol. The first-order valence-electron chi connectivity index (χ1n) is 9.29. The maximum Gasteiger partial charge on any atom is 0.132 e. The fraction of sp³-hybridized carbons (Fsp3) is 0.550. The van der Waals surface area contributed by atoms with Gasteiger partial charge in [-0.2, -0.15) is 0 Å². The Labute approximate surface area is 149 Å². The minimum atomic E-state index is -0.195. The van der Waals surface area contributed by atoms with Crippen molar-refractivity contribution in [1.29, 1.82) is 0 Å². The second-order valence-electron chi connectivity index (χ2n) is 6.64. The molecule has 1 aliphatic rings. The van der Waals surface area contributed by atoms with E-state index in [0.717, 1.165) is 63.4 Å². The van der Waals surface area contributed by atoms with E-state index in [0.29, 0.717) is 11.4 Å². The minimum Gasteiger partial charge on any atom is -0.380 e. The Bertz CT molecular complexity index is 694. The normalized spacial score (nSPS) is 19.6. The van der Waals surface area contributed by atoms with Gasteiger partial charge >= 0.3 is 0 Å². The van der Waals surface area contributed by atoms with Crippen molar-refractivity contribution in [3.8, 4) is 0 Å². The smallest absolute Gasteiger partial charge is 0.132 e. The number of halogens is 1. The van der Waals surface area contributed by atoms with Crippen LogP contribution in [0.15, 0.2) is 30.5 Å². The summed E-state index contributed by atoms with van der Waals surface area (Å²) in [6.07, 6.45) is 2.87. The lowest BCUT2D eigenvalue weighted by Crippen LogP contribution is -2.53. The number of rotatable bonds is 7. The lowest BCUT2D eigenvalue weighted by molar-refractivity contribution is 0.0386. The molecule has 1 saturated heterocycles. The summed E-state index contributed by atoms with van der Waals surface area (Å²) in [5.74, 6) is -0.195. The van der Waals surface area contributed by atoms with E-state index in [-0.39, 0.29) is 5.82 Å². The molecule has 1 aliphatic heterocycles. The van der Waals surface area contributed by atoms with Crippen LogP contribution >= 0.6 is 0 Å². The van der Waals surface area contributed by atoms with Crippen LogP contribution in [0.5, 0.6) is 0 Å². The van der Waals surface area contributed by atoms with E-state index in [4.69, 9.17) is 4.74 Å². The number of benzene rings is 1. The van der Waals surface area contributed by atoms with Crippen LogP contribution in [0.2, 0.25) is 0 Å². The predicted octanol–water partition coefficient (Wildman–Crippen LogP) is 3.31. The average Bonchev–Trinajstić information content (AvgIpc) is 2.65. The number of aromatic nitrogens is 1. The van der Waals surface area contributed by atoms with Gasteiger partial charge in [0, 0.05) is 57.0 Å². The Hall–Kier alpha value is -1.56. The Morgan fingerprint density at radius 3 is 2.92 bits per heavy atom. The molecule has 5 heteroatoms. The monoisotopic (exact) mass is 345 g/mol. The van der Waals surface area contributed by atoms with E-state index in [2.05, 4.69) is 21.7 Å². The fourth-order valence-electron chi connectivity index (χ4n) is 3.67. The van der Waals surface area contributed by atoms with Gasteiger partial charge in [-0.3, -0.25) is 14.8 Å². The number of hydrogen-bond donors (Lipinski definition) is 0. The maximum absolute atomic E-state index is 14.0. The number of fused-ring (bicyclic) bond motifs is 1. The van der Waals surface area contributed by atoms with E-state index in [9.17, 15) is 4.39 Å². The van der Waals surface area contributed by atoms with Crippen LogP contribution in [0.25, 0.3) is 10.9 Å². The number of hydrogen-bond acceptors (Lipinski definition) is 4. The van der Waals surface area contributed by atoms with E-state index in [1.165, 1.54) is 0 Å². The van der Waals surface area contributed by atoms with Crippen molar-refractivity contribution in [1.82, 2.24) is 14.8 Å². The summed E-state index contributed by atoms with van der Waals surface area (Å²) in [5, 5.41) is 0.613. The maximum atomic E-state index is 14.0. The molecule has 1 aromatic heterocycles. The zero-order chi connectivity index (χ0) is 17.6. The molecule has 0 aliphatic carbocycles. The van der Waals surface area contributed by atoms with Gasteiger partial charge in [0.05, 0.1) is 12.1 Å². The van der Waals surface area contributed by atoms with Crippen molar-refractivity contribution in [2.75, 3.05) is 39.4 Å². The highest BCUT2D eigenvalue weighted by Crippen LogP contribution is 2.22. The molecule has 1 fully saturated rings. The molecule has 4 nitrogen and oxygen atoms in total. The summed E-state index contributed by atoms with van der Waals surface area (Å²) in [6, 6.07) is 7.59. The van der Waals surface area contributed by atoms with Crippen molar-refractivity contribution < 1.29 is 9.13 Å². The Kier molecular flexibility index (Phi) is 6.34. The quantitative estimate of drug-likeness (QED) is 0.720. The molecule has 2 aromatic rings. The molecule has 0 N–H and O–H groups in total. The number of piperazine rings is 1. The molecule has 2 heterocycles. The van der Waals surface area contributed by atoms with Gasteiger partial charge < -0.3 is 4.74 Å². The van der Waals surface area contributed by atoms with E-state index in [1.54, 1.807) is 18.3 Å². The second kappa shape index (κ2) is 8.70. The highest BCUT2D eigenvalue weighted by molar-refractivity contribution is 5.82. The van der Waals surface area contributed by atoms with Crippen molar-refractivity contribution in [3.05, 3.63) is 41.8 Å². The Balaban J connectivity index is 1.67. The number of nitrogens with zero attached hydrogens (tertiary/aromatic N) is 3. The average molecular weight is 345 g/mol. The molecule has 25 heavy (non-hydrogen) atoms. The SMILES string of the molecule is CCOCCN1CCN(Cc2ccc(F)c3cccnc23)CC1CC. The molecular formula is C20H28FN3O. The van der Waals surface area contributed by atoms with E-state index < -0.39 is 0 Å². The number of ether oxygens (including phenoxy) is 1. The first-order valence-corrected chi connectivity index (χ1v) is 9.29. The highest BCUT2D eigenvalue weighted by Gasteiger charge is 2.25. The van der Waals surface area contributed by atoms with Gasteiger partial charge in [-0.25, -0.2) is 4.39 Å². The molecule has 1 unspecified atom stereocenters. The summed E-state index contributed by atoms with van der Waals surface area (Å²) in [4.78, 5) is 9.42. The molecule has 0 saturated carbocycles. The van der Waals surface area contributed by atoms with Crippen LogP contribution < -0.4 is 0 Å². The molecule has 136 valence electrons. The van der Waals surface area contributed by atoms with Gasteiger partial charge in [-0.1, -0.05) is 13.0 Å². The molecular weight excluding hydrogens is 317 g/mol. The van der Waals surface area contributed by atoms with Gasteiger partial charge in [-0.15, -0.1) is 0 Å². The van der Waals surface area contributed by atoms with Gasteiger partial charge in [0.1, 0.15) is 5.82 Å². The molecule has 0 spiro atoms. The van der Waals surface area contributed by atoms with Crippen LogP contribution in [0.4, 0.5) is 4.39 Å². The first-order chi connectivity index (χ1) is 12.2. The highest BCUT2D eigenvalue weighted by atomic mass is 19.1. The standard InChI is InChI=1S/C20H28FN3O/c1-3-17-15-23(10-11-24(17)12-13-25-4-2)14-16-7-8-19(21)18-6-5-9-22-20(16)18/h5-9,17H,3-4,10-15H2,1-2H3. The van der Waals surface area contributed by atoms with Crippen LogP contribution in [-0.2, 0) is 11.3 Å². The van der Waals surface area contributed by atoms with Crippen molar-refractivity contribution in [2.45, 2.75) is 32.9 Å². The zero-order valence-electron chi connectivity index (χ0n) is 15.2. The number of pyridine rings is 1. The van der Waals surface area contributed by atoms with Crippen LogP contribution in [0, 0.1) is 5.82 Å². The van der Waals surface area contributed by atoms with Crippen molar-refractivity contribution >= 4 is 10.9 Å². The summed E-state index contributed by atoms with van der Waals surface area (Å²) in [7, 11) is 0. The van der Waals surface area contributed by atoms with Crippen molar-refractivity contribution in [2.24, 2.45) is 0 Å². The minimum absolute atomic E-state index is 0.195. The summed E-state index contributed by atoms with van der Waals surface area (Å²) < 4.78 is 19.5. The zero-order valence-corrected chi connectivity index (χ0v) is 15.2. The van der Waals surface area contributed by atoms with Crippen LogP contribution in [-0.4, -0.2) is 60.2 Å². The Morgan fingerprint density at radius 1 is 1.24 bits per heavy atom. The fourth-order valence-corrected chi connectivity index (χ4v) is 3.67. The molecule has 0 bridgehead atoms. The topological polar surface area (TPSA) is 28.6 Å². The molecule has 1 aromatic carbocycles. The van der Waals surface area contributed by atoms with E-state index in [1.807, 2.05) is 19.1 Å². The lowest BCUT2D eigenvalue weighted by Gasteiger charge is -2.41. The van der Waals surface area contributed by atoms with Gasteiger partial charge in [0.15, 0.2) is 0 Å². The van der Waals surface area contributed by atoms with Gasteiger partial charge in [0.25, 0.3) is 0 Å². The van der Waals surface area contributed by atoms with Crippen LogP contribution in [0.1, 0.15) is 25.8 Å². The van der Waals surface area contributed by atoms with Crippen molar-refractivity contribution in [3.63, 3.8) is 0 Å². The van der Waals surface area contributed by atoms with Crippen LogP contribution in [0.3, 0.4) is 0 Å². The Morgan fingerprint density at radius 2 is 2.12 bits per heavy atom. The first kappa shape index (κ1) is 18.2. The summed E-state index contributed by atoms with van der Waals surface area (Å²) >= 11 is 0. The third-order valence-corrected chi connectivity index (χ3v) is 5.08. The largest absolute Gasteiger partial charge is 0.380 e. The van der Waals surface area contributed by atoms with Gasteiger partial charge in [-0.05, 0) is 37.1 Å². The molecule has 1 atom stereocenters. The van der Waals surface area contributed by atoms with Gasteiger partial charge in [0.2, 0.25) is 0 Å². The summed E-state index contributed by atoms with van der Waals surface area (Å²) in [5.41, 5.74) is 1.89.